The third kappa shape index (κ3) is 6.21. The second-order valence-electron chi connectivity index (χ2n) is 4.75. The van der Waals surface area contributed by atoms with E-state index in [1.807, 2.05) is 0 Å². The van der Waals surface area contributed by atoms with Crippen LogP contribution in [-0.2, 0) is 9.59 Å². The van der Waals surface area contributed by atoms with Crippen LogP contribution in [0.1, 0.15) is 38.5 Å². The summed E-state index contributed by atoms with van der Waals surface area (Å²) in [6, 6.07) is -2.07. The smallest absolute Gasteiger partial charge is 0.326 e. The molecule has 7 nitrogen and oxygen atoms in total. The molecule has 20 heavy (non-hydrogen) atoms. The van der Waals surface area contributed by atoms with E-state index in [9.17, 15) is 14.4 Å². The summed E-state index contributed by atoms with van der Waals surface area (Å²) in [5, 5.41) is 22.0. The molecule has 0 aliphatic heterocycles. The van der Waals surface area contributed by atoms with Gasteiger partial charge >= 0.3 is 18.0 Å². The van der Waals surface area contributed by atoms with E-state index in [0.29, 0.717) is 6.54 Å². The molecular formula is C13H20N2O5. The summed E-state index contributed by atoms with van der Waals surface area (Å²) in [6.45, 7) is 0.414. The number of rotatable bonds is 7. The van der Waals surface area contributed by atoms with Gasteiger partial charge in [0, 0.05) is 6.54 Å². The van der Waals surface area contributed by atoms with Gasteiger partial charge < -0.3 is 20.8 Å². The van der Waals surface area contributed by atoms with Crippen molar-refractivity contribution in [1.29, 1.82) is 0 Å². The van der Waals surface area contributed by atoms with Crippen molar-refractivity contribution in [3.63, 3.8) is 0 Å². The molecule has 0 bridgehead atoms. The summed E-state index contributed by atoms with van der Waals surface area (Å²) in [5.74, 6) is -2.64. The topological polar surface area (TPSA) is 116 Å². The third-order valence-electron chi connectivity index (χ3n) is 3.10. The van der Waals surface area contributed by atoms with Crippen LogP contribution in [0.5, 0.6) is 0 Å². The van der Waals surface area contributed by atoms with E-state index in [4.69, 9.17) is 10.2 Å². The molecular weight excluding hydrogens is 264 g/mol. The van der Waals surface area contributed by atoms with Crippen molar-refractivity contribution < 1.29 is 24.6 Å². The Morgan fingerprint density at radius 2 is 2.00 bits per heavy atom. The molecule has 0 fully saturated rings. The molecule has 1 aliphatic carbocycles. The average molecular weight is 284 g/mol. The first kappa shape index (κ1) is 16.0. The van der Waals surface area contributed by atoms with Gasteiger partial charge in [-0.3, -0.25) is 4.79 Å². The highest BCUT2D eigenvalue weighted by molar-refractivity contribution is 5.86. The van der Waals surface area contributed by atoms with E-state index in [-0.39, 0.29) is 0 Å². The minimum Gasteiger partial charge on any atom is -0.481 e. The lowest BCUT2D eigenvalue weighted by Crippen LogP contribution is -2.47. The van der Waals surface area contributed by atoms with Crippen LogP contribution in [0.25, 0.3) is 0 Å². The van der Waals surface area contributed by atoms with Gasteiger partial charge in [0.25, 0.3) is 0 Å². The van der Waals surface area contributed by atoms with Crippen molar-refractivity contribution >= 4 is 18.0 Å². The number of carbonyl (C=O) groups excluding carboxylic acids is 1. The highest BCUT2D eigenvalue weighted by Crippen LogP contribution is 2.19. The molecule has 0 spiro atoms. The first-order chi connectivity index (χ1) is 9.49. The molecule has 0 radical (unpaired) electrons. The fourth-order valence-corrected chi connectivity index (χ4v) is 2.05. The summed E-state index contributed by atoms with van der Waals surface area (Å²) in [4.78, 5) is 32.7. The Hall–Kier alpha value is -2.05. The largest absolute Gasteiger partial charge is 0.481 e. The number of allylic oxidation sites excluding steroid dienone is 1. The van der Waals surface area contributed by atoms with Crippen molar-refractivity contribution in [2.75, 3.05) is 6.54 Å². The molecule has 0 heterocycles. The molecule has 0 saturated heterocycles. The lowest BCUT2D eigenvalue weighted by molar-refractivity contribution is -0.145. The van der Waals surface area contributed by atoms with Gasteiger partial charge in [-0.1, -0.05) is 11.6 Å². The third-order valence-corrected chi connectivity index (χ3v) is 3.10. The number of hydrogen-bond acceptors (Lipinski definition) is 3. The van der Waals surface area contributed by atoms with Crippen LogP contribution in [0.4, 0.5) is 4.79 Å². The predicted octanol–water partition coefficient (Wildman–Crippen LogP) is 1.10. The van der Waals surface area contributed by atoms with Crippen molar-refractivity contribution in [2.45, 2.75) is 44.6 Å². The van der Waals surface area contributed by atoms with Crippen LogP contribution in [0, 0.1) is 0 Å². The summed E-state index contributed by atoms with van der Waals surface area (Å²) in [5.41, 5.74) is 1.30. The standard InChI is InChI=1S/C13H20N2O5/c16-11(17)8-10(12(18)19)15-13(20)14-7-6-9-4-2-1-3-5-9/h4,10H,1-3,5-8H2,(H,16,17)(H,18,19)(H2,14,15,20)/t10-/m1/s1. The first-order valence-corrected chi connectivity index (χ1v) is 6.66. The highest BCUT2D eigenvalue weighted by atomic mass is 16.4. The van der Waals surface area contributed by atoms with E-state index in [2.05, 4.69) is 16.7 Å². The van der Waals surface area contributed by atoms with Crippen LogP contribution in [0.3, 0.4) is 0 Å². The Kier molecular flexibility index (Phi) is 6.55. The summed E-state index contributed by atoms with van der Waals surface area (Å²) in [6.07, 6.45) is 6.75. The fourth-order valence-electron chi connectivity index (χ4n) is 2.05. The molecule has 1 aliphatic rings. The number of nitrogens with one attached hydrogen (secondary N) is 2. The van der Waals surface area contributed by atoms with E-state index in [1.54, 1.807) is 0 Å². The number of carboxylic acids is 2. The molecule has 4 N–H and O–H groups in total. The maximum absolute atomic E-state index is 11.5. The van der Waals surface area contributed by atoms with Gasteiger partial charge in [-0.25, -0.2) is 9.59 Å². The molecule has 1 rings (SSSR count). The van der Waals surface area contributed by atoms with Crippen LogP contribution in [-0.4, -0.2) is 40.8 Å². The zero-order valence-corrected chi connectivity index (χ0v) is 11.2. The predicted molar refractivity (Wildman–Crippen MR) is 71.4 cm³/mol. The van der Waals surface area contributed by atoms with Crippen LogP contribution >= 0.6 is 0 Å². The SMILES string of the molecule is O=C(O)C[C@@H](NC(=O)NCCC1=CCCCC1)C(=O)O. The molecule has 0 saturated carbocycles. The number of carbonyl (C=O) groups is 3. The Labute approximate surface area is 117 Å². The molecule has 0 unspecified atom stereocenters. The molecule has 7 heteroatoms. The molecule has 0 aromatic heterocycles. The zero-order chi connectivity index (χ0) is 15.0. The molecule has 1 atom stereocenters. The number of carboxylic acid groups (broad SMARTS) is 2. The minimum atomic E-state index is -1.42. The fraction of sp³-hybridized carbons (Fsp3) is 0.615. The Morgan fingerprint density at radius 1 is 1.25 bits per heavy atom. The summed E-state index contributed by atoms with van der Waals surface area (Å²) >= 11 is 0. The average Bonchev–Trinajstić information content (AvgIpc) is 2.38. The van der Waals surface area contributed by atoms with Crippen LogP contribution in [0.15, 0.2) is 11.6 Å². The second-order valence-corrected chi connectivity index (χ2v) is 4.75. The highest BCUT2D eigenvalue weighted by Gasteiger charge is 2.22. The van der Waals surface area contributed by atoms with Gasteiger partial charge in [-0.2, -0.15) is 0 Å². The normalized spacial score (nSPS) is 15.9. The number of amides is 2. The lowest BCUT2D eigenvalue weighted by Gasteiger charge is -2.15. The van der Waals surface area contributed by atoms with Gasteiger partial charge in [0.05, 0.1) is 6.42 Å². The van der Waals surface area contributed by atoms with E-state index >= 15 is 0 Å². The van der Waals surface area contributed by atoms with E-state index in [1.165, 1.54) is 12.0 Å². The number of urea groups is 1. The summed E-state index contributed by atoms with van der Waals surface area (Å²) < 4.78 is 0. The van der Waals surface area contributed by atoms with Crippen molar-refractivity contribution in [3.8, 4) is 0 Å². The molecule has 0 aromatic rings. The molecule has 0 aromatic carbocycles. The van der Waals surface area contributed by atoms with Gasteiger partial charge in [-0.15, -0.1) is 0 Å². The Balaban J connectivity index is 2.28. The number of aliphatic carboxylic acids is 2. The van der Waals surface area contributed by atoms with Crippen molar-refractivity contribution in [3.05, 3.63) is 11.6 Å². The molecule has 112 valence electrons. The van der Waals surface area contributed by atoms with Gasteiger partial charge in [0.1, 0.15) is 6.04 Å². The maximum atomic E-state index is 11.5. The Bertz CT molecular complexity index is 406. The van der Waals surface area contributed by atoms with Crippen molar-refractivity contribution in [1.82, 2.24) is 10.6 Å². The van der Waals surface area contributed by atoms with Crippen LogP contribution < -0.4 is 10.6 Å². The molecule has 2 amide bonds. The minimum absolute atomic E-state index is 0.414. The quantitative estimate of drug-likeness (QED) is 0.522. The second kappa shape index (κ2) is 8.19. The van der Waals surface area contributed by atoms with Gasteiger partial charge in [0.15, 0.2) is 0 Å². The van der Waals surface area contributed by atoms with E-state index < -0.39 is 30.4 Å². The van der Waals surface area contributed by atoms with Crippen molar-refractivity contribution in [2.24, 2.45) is 0 Å². The lowest BCUT2D eigenvalue weighted by atomic mass is 9.97. The monoisotopic (exact) mass is 284 g/mol. The van der Waals surface area contributed by atoms with Gasteiger partial charge in [0.2, 0.25) is 0 Å². The number of hydrogen-bond donors (Lipinski definition) is 4. The maximum Gasteiger partial charge on any atom is 0.326 e. The zero-order valence-electron chi connectivity index (χ0n) is 11.2. The van der Waals surface area contributed by atoms with Gasteiger partial charge in [-0.05, 0) is 32.1 Å². The first-order valence-electron chi connectivity index (χ1n) is 6.66. The summed E-state index contributed by atoms with van der Waals surface area (Å²) in [7, 11) is 0. The van der Waals surface area contributed by atoms with Crippen LogP contribution in [0.2, 0.25) is 0 Å². The van der Waals surface area contributed by atoms with E-state index in [0.717, 1.165) is 25.7 Å². The Morgan fingerprint density at radius 3 is 2.55 bits per heavy atom.